The third-order valence-electron chi connectivity index (χ3n) is 2.96. The minimum absolute atomic E-state index is 0.137. The number of aromatic carboxylic acids is 1. The zero-order valence-electron chi connectivity index (χ0n) is 11.7. The summed E-state index contributed by atoms with van der Waals surface area (Å²) in [5.41, 5.74) is 3.95. The van der Waals surface area contributed by atoms with E-state index >= 15 is 0 Å². The number of aryl methyl sites for hydroxylation is 1. The fourth-order valence-electron chi connectivity index (χ4n) is 1.73. The Morgan fingerprint density at radius 3 is 2.81 bits per heavy atom. The number of nitrogens with zero attached hydrogens (tertiary/aromatic N) is 2. The third-order valence-corrected chi connectivity index (χ3v) is 3.59. The lowest BCUT2D eigenvalue weighted by atomic mass is 10.1. The number of carbonyl (C=O) groups excluding carboxylic acids is 1. The molecule has 1 aromatic heterocycles. The summed E-state index contributed by atoms with van der Waals surface area (Å²) in [4.78, 5) is 28.7. The van der Waals surface area contributed by atoms with Crippen LogP contribution < -0.4 is 5.32 Å². The first-order chi connectivity index (χ1) is 9.97. The van der Waals surface area contributed by atoms with Crippen LogP contribution in [0.4, 0.5) is 10.5 Å². The molecular weight excluding hydrogens is 290 g/mol. The van der Waals surface area contributed by atoms with E-state index in [-0.39, 0.29) is 11.6 Å². The van der Waals surface area contributed by atoms with Crippen molar-refractivity contribution in [2.75, 3.05) is 12.4 Å². The number of benzene rings is 1. The maximum atomic E-state index is 12.1. The van der Waals surface area contributed by atoms with Crippen LogP contribution in [-0.2, 0) is 6.54 Å². The molecule has 21 heavy (non-hydrogen) atoms. The number of carboxylic acid groups (broad SMARTS) is 1. The highest BCUT2D eigenvalue weighted by molar-refractivity contribution is 7.07. The van der Waals surface area contributed by atoms with Gasteiger partial charge in [-0.25, -0.2) is 14.6 Å². The maximum Gasteiger partial charge on any atom is 0.335 e. The number of carboxylic acids is 1. The van der Waals surface area contributed by atoms with Crippen LogP contribution >= 0.6 is 11.3 Å². The molecule has 6 nitrogen and oxygen atoms in total. The topological polar surface area (TPSA) is 82.5 Å². The highest BCUT2D eigenvalue weighted by atomic mass is 32.1. The van der Waals surface area contributed by atoms with Gasteiger partial charge in [-0.3, -0.25) is 0 Å². The van der Waals surface area contributed by atoms with E-state index in [0.717, 1.165) is 11.3 Å². The molecule has 0 aliphatic heterocycles. The van der Waals surface area contributed by atoms with Crippen LogP contribution in [0, 0.1) is 6.92 Å². The second-order valence-corrected chi connectivity index (χ2v) is 5.32. The van der Waals surface area contributed by atoms with Gasteiger partial charge in [-0.1, -0.05) is 6.07 Å². The van der Waals surface area contributed by atoms with Crippen LogP contribution in [0.25, 0.3) is 0 Å². The van der Waals surface area contributed by atoms with E-state index in [9.17, 15) is 9.59 Å². The van der Waals surface area contributed by atoms with Crippen molar-refractivity contribution < 1.29 is 14.7 Å². The van der Waals surface area contributed by atoms with Crippen LogP contribution in [0.5, 0.6) is 0 Å². The van der Waals surface area contributed by atoms with Gasteiger partial charge in [-0.2, -0.15) is 0 Å². The molecule has 0 spiro atoms. The zero-order chi connectivity index (χ0) is 15.4. The van der Waals surface area contributed by atoms with Crippen LogP contribution in [-0.4, -0.2) is 34.0 Å². The van der Waals surface area contributed by atoms with Crippen molar-refractivity contribution in [3.8, 4) is 0 Å². The molecular formula is C14H15N3O3S. The Kier molecular flexibility index (Phi) is 4.54. The largest absolute Gasteiger partial charge is 0.478 e. The van der Waals surface area contributed by atoms with Gasteiger partial charge in [0.05, 0.1) is 23.3 Å². The summed E-state index contributed by atoms with van der Waals surface area (Å²) < 4.78 is 0. The Labute approximate surface area is 126 Å². The molecule has 7 heteroatoms. The number of urea groups is 1. The van der Waals surface area contributed by atoms with E-state index in [4.69, 9.17) is 5.11 Å². The minimum Gasteiger partial charge on any atom is -0.478 e. The number of aromatic nitrogens is 1. The van der Waals surface area contributed by atoms with Gasteiger partial charge >= 0.3 is 12.0 Å². The number of hydrogen-bond acceptors (Lipinski definition) is 4. The minimum atomic E-state index is -1.03. The molecule has 0 saturated heterocycles. The molecule has 0 radical (unpaired) electrons. The summed E-state index contributed by atoms with van der Waals surface area (Å²) >= 11 is 1.47. The van der Waals surface area contributed by atoms with E-state index in [2.05, 4.69) is 10.3 Å². The maximum absolute atomic E-state index is 12.1. The summed E-state index contributed by atoms with van der Waals surface area (Å²) in [6.07, 6.45) is 0. The Hall–Kier alpha value is -2.41. The Balaban J connectivity index is 2.08. The van der Waals surface area contributed by atoms with Gasteiger partial charge in [0.25, 0.3) is 0 Å². The fraction of sp³-hybridized carbons (Fsp3) is 0.214. The van der Waals surface area contributed by atoms with Crippen molar-refractivity contribution in [1.29, 1.82) is 0 Å². The molecule has 110 valence electrons. The average molecular weight is 305 g/mol. The monoisotopic (exact) mass is 305 g/mol. The molecule has 0 saturated carbocycles. The fourth-order valence-corrected chi connectivity index (χ4v) is 2.28. The molecule has 0 fully saturated rings. The first-order valence-electron chi connectivity index (χ1n) is 6.20. The summed E-state index contributed by atoms with van der Waals surface area (Å²) in [5.74, 6) is -1.03. The smallest absolute Gasteiger partial charge is 0.335 e. The van der Waals surface area contributed by atoms with Crippen molar-refractivity contribution in [3.05, 3.63) is 45.9 Å². The summed E-state index contributed by atoms with van der Waals surface area (Å²) in [6.45, 7) is 2.20. The summed E-state index contributed by atoms with van der Waals surface area (Å²) in [5, 5.41) is 13.6. The third kappa shape index (κ3) is 3.79. The molecule has 1 aromatic carbocycles. The number of amides is 2. The zero-order valence-corrected chi connectivity index (χ0v) is 12.5. The van der Waals surface area contributed by atoms with Gasteiger partial charge in [0.1, 0.15) is 0 Å². The molecule has 0 unspecified atom stereocenters. The predicted molar refractivity (Wildman–Crippen MR) is 80.7 cm³/mol. The van der Waals surface area contributed by atoms with Gasteiger partial charge in [0, 0.05) is 18.1 Å². The molecule has 1 heterocycles. The van der Waals surface area contributed by atoms with Crippen molar-refractivity contribution in [2.45, 2.75) is 13.5 Å². The van der Waals surface area contributed by atoms with Gasteiger partial charge in [-0.15, -0.1) is 11.3 Å². The van der Waals surface area contributed by atoms with E-state index in [0.29, 0.717) is 12.2 Å². The molecule has 0 bridgehead atoms. The van der Waals surface area contributed by atoms with E-state index in [1.54, 1.807) is 18.6 Å². The van der Waals surface area contributed by atoms with Gasteiger partial charge < -0.3 is 15.3 Å². The Morgan fingerprint density at radius 1 is 1.43 bits per heavy atom. The van der Waals surface area contributed by atoms with E-state index in [1.807, 2.05) is 12.3 Å². The van der Waals surface area contributed by atoms with Crippen LogP contribution in [0.15, 0.2) is 29.1 Å². The lowest BCUT2D eigenvalue weighted by molar-refractivity contribution is 0.0697. The SMILES string of the molecule is Cc1ccc(C(=O)O)cc1NC(=O)N(C)Cc1cscn1. The number of carbonyl (C=O) groups is 2. The van der Waals surface area contributed by atoms with Gasteiger partial charge in [0.2, 0.25) is 0 Å². The van der Waals surface area contributed by atoms with Gasteiger partial charge in [-0.05, 0) is 24.6 Å². The highest BCUT2D eigenvalue weighted by Crippen LogP contribution is 2.17. The van der Waals surface area contributed by atoms with Crippen molar-refractivity contribution in [3.63, 3.8) is 0 Å². The molecule has 2 aromatic rings. The first kappa shape index (κ1) is 15.0. The van der Waals surface area contributed by atoms with Crippen molar-refractivity contribution in [1.82, 2.24) is 9.88 Å². The van der Waals surface area contributed by atoms with Crippen LogP contribution in [0.3, 0.4) is 0 Å². The van der Waals surface area contributed by atoms with E-state index in [1.165, 1.54) is 28.4 Å². The molecule has 2 rings (SSSR count). The number of rotatable bonds is 4. The predicted octanol–water partition coefficient (Wildman–Crippen LogP) is 2.81. The molecule has 2 amide bonds. The van der Waals surface area contributed by atoms with Crippen molar-refractivity contribution >= 4 is 29.0 Å². The Bertz CT molecular complexity index is 655. The standard InChI is InChI=1S/C14H15N3O3S/c1-9-3-4-10(13(18)19)5-12(9)16-14(20)17(2)6-11-7-21-8-15-11/h3-5,7-8H,6H2,1-2H3,(H,16,20)(H,18,19). The quantitative estimate of drug-likeness (QED) is 0.910. The second-order valence-electron chi connectivity index (χ2n) is 4.60. The second kappa shape index (κ2) is 6.36. The number of hydrogen-bond donors (Lipinski definition) is 2. The van der Waals surface area contributed by atoms with Crippen LogP contribution in [0.1, 0.15) is 21.6 Å². The lowest BCUT2D eigenvalue weighted by Gasteiger charge is -2.18. The number of thiazole rings is 1. The molecule has 2 N–H and O–H groups in total. The summed E-state index contributed by atoms with van der Waals surface area (Å²) in [7, 11) is 1.66. The van der Waals surface area contributed by atoms with Crippen molar-refractivity contribution in [2.24, 2.45) is 0 Å². The summed E-state index contributed by atoms with van der Waals surface area (Å²) in [6, 6.07) is 4.31. The molecule has 0 aliphatic carbocycles. The number of nitrogens with one attached hydrogen (secondary N) is 1. The normalized spacial score (nSPS) is 10.2. The highest BCUT2D eigenvalue weighted by Gasteiger charge is 2.13. The van der Waals surface area contributed by atoms with Gasteiger partial charge in [0.15, 0.2) is 0 Å². The average Bonchev–Trinajstić information content (AvgIpc) is 2.93. The lowest BCUT2D eigenvalue weighted by Crippen LogP contribution is -2.31. The number of anilines is 1. The van der Waals surface area contributed by atoms with E-state index < -0.39 is 5.97 Å². The molecule has 0 aliphatic rings. The first-order valence-corrected chi connectivity index (χ1v) is 7.15. The van der Waals surface area contributed by atoms with Crippen LogP contribution in [0.2, 0.25) is 0 Å². The Morgan fingerprint density at radius 2 is 2.19 bits per heavy atom. The molecule has 0 atom stereocenters.